The highest BCUT2D eigenvalue weighted by Crippen LogP contribution is 2.29. The number of aromatic nitrogens is 3. The van der Waals surface area contributed by atoms with Gasteiger partial charge in [0.15, 0.2) is 0 Å². The number of amides is 1. The van der Waals surface area contributed by atoms with E-state index < -0.39 is 0 Å². The van der Waals surface area contributed by atoms with Gasteiger partial charge in [-0.2, -0.15) is 5.10 Å². The zero-order chi connectivity index (χ0) is 15.7. The molecule has 0 fully saturated rings. The fourth-order valence-electron chi connectivity index (χ4n) is 2.14. The quantitative estimate of drug-likeness (QED) is 0.791. The first-order valence-corrected chi connectivity index (χ1v) is 7.43. The van der Waals surface area contributed by atoms with Crippen LogP contribution in [0, 0.1) is 0 Å². The van der Waals surface area contributed by atoms with E-state index >= 15 is 0 Å². The van der Waals surface area contributed by atoms with Crippen LogP contribution in [0.3, 0.4) is 0 Å². The molecule has 112 valence electrons. The number of halogens is 2. The Hall–Kier alpha value is -2.11. The number of aryl methyl sites for hydroxylation is 1. The predicted molar refractivity (Wildman–Crippen MR) is 86.8 cm³/mol. The van der Waals surface area contributed by atoms with Crippen molar-refractivity contribution in [1.82, 2.24) is 14.6 Å². The minimum Gasteiger partial charge on any atom is -0.319 e. The van der Waals surface area contributed by atoms with Crippen molar-refractivity contribution < 1.29 is 4.79 Å². The number of hydrogen-bond donors (Lipinski definition) is 1. The molecule has 3 aromatic heterocycles. The number of fused-ring (bicyclic) bond motifs is 1. The summed E-state index contributed by atoms with van der Waals surface area (Å²) in [5, 5.41) is 7.70. The first-order chi connectivity index (χ1) is 10.6. The van der Waals surface area contributed by atoms with Gasteiger partial charge in [-0.15, -0.1) is 0 Å². The average Bonchev–Trinajstić information content (AvgIpc) is 2.94. The van der Waals surface area contributed by atoms with Crippen LogP contribution in [0.4, 0.5) is 5.69 Å². The third-order valence-corrected chi connectivity index (χ3v) is 3.82. The van der Waals surface area contributed by atoms with Gasteiger partial charge in [0.2, 0.25) is 0 Å². The maximum Gasteiger partial charge on any atom is 0.257 e. The lowest BCUT2D eigenvalue weighted by molar-refractivity contribution is 0.102. The van der Waals surface area contributed by atoms with E-state index in [9.17, 15) is 4.79 Å². The highest BCUT2D eigenvalue weighted by Gasteiger charge is 2.15. The second kappa shape index (κ2) is 5.94. The molecule has 0 atom stereocenters. The number of carbonyl (C=O) groups excluding carboxylic acids is 1. The monoisotopic (exact) mass is 334 g/mol. The molecule has 0 aromatic carbocycles. The Morgan fingerprint density at radius 2 is 2.05 bits per heavy atom. The van der Waals surface area contributed by atoms with Crippen LogP contribution in [-0.2, 0) is 6.42 Å². The van der Waals surface area contributed by atoms with Gasteiger partial charge in [-0.05, 0) is 24.6 Å². The van der Waals surface area contributed by atoms with Crippen LogP contribution in [0.15, 0.2) is 36.8 Å². The van der Waals surface area contributed by atoms with Crippen molar-refractivity contribution in [1.29, 1.82) is 0 Å². The lowest BCUT2D eigenvalue weighted by Crippen LogP contribution is -2.14. The normalized spacial score (nSPS) is 10.9. The molecule has 5 nitrogen and oxygen atoms in total. The van der Waals surface area contributed by atoms with Crippen LogP contribution in [-0.4, -0.2) is 20.5 Å². The Balaban J connectivity index is 2.00. The highest BCUT2D eigenvalue weighted by atomic mass is 35.5. The number of hydrogen-bond acceptors (Lipinski definition) is 3. The van der Waals surface area contributed by atoms with E-state index in [0.717, 1.165) is 17.6 Å². The van der Waals surface area contributed by atoms with E-state index in [4.69, 9.17) is 23.2 Å². The minimum atomic E-state index is -0.303. The predicted octanol–water partition coefficient (Wildman–Crippen LogP) is 3.85. The number of nitrogens with one attached hydrogen (secondary N) is 1. The summed E-state index contributed by atoms with van der Waals surface area (Å²) in [6.45, 7) is 2.01. The largest absolute Gasteiger partial charge is 0.319 e. The lowest BCUT2D eigenvalue weighted by atomic mass is 10.2. The zero-order valence-corrected chi connectivity index (χ0v) is 13.2. The topological polar surface area (TPSA) is 59.3 Å². The number of nitrogens with zero attached hydrogens (tertiary/aromatic N) is 3. The summed E-state index contributed by atoms with van der Waals surface area (Å²) in [7, 11) is 0. The molecule has 3 heterocycles. The first-order valence-electron chi connectivity index (χ1n) is 6.67. The third-order valence-electron chi connectivity index (χ3n) is 3.25. The summed E-state index contributed by atoms with van der Waals surface area (Å²) in [4.78, 5) is 16.4. The standard InChI is InChI=1S/C15H12Cl2N4O/c1-2-9-6-13-10(4-3-5-21(13)20-9)15(22)19-14-11(16)7-18-8-12(14)17/h3-8H,2H2,1H3,(H,18,19,22). The van der Waals surface area contributed by atoms with E-state index in [2.05, 4.69) is 15.4 Å². The van der Waals surface area contributed by atoms with Crippen molar-refractivity contribution in [2.75, 3.05) is 5.32 Å². The fourth-order valence-corrected chi connectivity index (χ4v) is 2.60. The summed E-state index contributed by atoms with van der Waals surface area (Å²) >= 11 is 12.1. The van der Waals surface area contributed by atoms with Gasteiger partial charge in [-0.25, -0.2) is 4.52 Å². The van der Waals surface area contributed by atoms with Crippen molar-refractivity contribution >= 4 is 40.3 Å². The van der Waals surface area contributed by atoms with E-state index in [1.165, 1.54) is 12.4 Å². The summed E-state index contributed by atoms with van der Waals surface area (Å²) in [6, 6.07) is 5.39. The van der Waals surface area contributed by atoms with E-state index in [-0.39, 0.29) is 16.0 Å². The molecule has 1 amide bonds. The Morgan fingerprint density at radius 3 is 2.73 bits per heavy atom. The van der Waals surface area contributed by atoms with E-state index in [1.807, 2.05) is 13.0 Å². The van der Waals surface area contributed by atoms with Crippen LogP contribution in [0.2, 0.25) is 10.0 Å². The molecule has 0 unspecified atom stereocenters. The molecular formula is C15H12Cl2N4O. The van der Waals surface area contributed by atoms with Crippen LogP contribution < -0.4 is 5.32 Å². The molecule has 0 saturated carbocycles. The van der Waals surface area contributed by atoms with Crippen molar-refractivity contribution in [2.45, 2.75) is 13.3 Å². The van der Waals surface area contributed by atoms with Gasteiger partial charge >= 0.3 is 0 Å². The molecule has 0 radical (unpaired) electrons. The minimum absolute atomic E-state index is 0.288. The van der Waals surface area contributed by atoms with E-state index in [0.29, 0.717) is 11.3 Å². The third kappa shape index (κ3) is 2.65. The van der Waals surface area contributed by atoms with Crippen LogP contribution in [0.5, 0.6) is 0 Å². The second-order valence-electron chi connectivity index (χ2n) is 4.67. The summed E-state index contributed by atoms with van der Waals surface area (Å²) in [6.07, 6.45) is 5.46. The molecule has 0 bridgehead atoms. The molecule has 0 aliphatic heterocycles. The SMILES string of the molecule is CCc1cc2c(C(=O)Nc3c(Cl)cncc3Cl)cccn2n1. The van der Waals surface area contributed by atoms with Gasteiger partial charge in [-0.3, -0.25) is 9.78 Å². The number of pyridine rings is 2. The first kappa shape index (κ1) is 14.8. The number of anilines is 1. The van der Waals surface area contributed by atoms with Crippen molar-refractivity contribution in [2.24, 2.45) is 0 Å². The second-order valence-corrected chi connectivity index (χ2v) is 5.49. The van der Waals surface area contributed by atoms with Crippen molar-refractivity contribution in [3.8, 4) is 0 Å². The highest BCUT2D eigenvalue weighted by molar-refractivity contribution is 6.39. The van der Waals surface area contributed by atoms with Crippen molar-refractivity contribution in [3.63, 3.8) is 0 Å². The number of carbonyl (C=O) groups is 1. The Kier molecular flexibility index (Phi) is 4.00. The summed E-state index contributed by atoms with van der Waals surface area (Å²) < 4.78 is 1.68. The summed E-state index contributed by atoms with van der Waals surface area (Å²) in [5.74, 6) is -0.303. The molecule has 0 saturated heterocycles. The molecule has 0 spiro atoms. The Morgan fingerprint density at radius 1 is 1.32 bits per heavy atom. The van der Waals surface area contributed by atoms with Gasteiger partial charge in [0.05, 0.1) is 32.5 Å². The van der Waals surface area contributed by atoms with E-state index in [1.54, 1.807) is 22.8 Å². The Labute approximate surface area is 136 Å². The van der Waals surface area contributed by atoms with Gasteiger partial charge in [0, 0.05) is 18.6 Å². The molecule has 22 heavy (non-hydrogen) atoms. The molecule has 7 heteroatoms. The molecule has 0 aliphatic rings. The number of rotatable bonds is 3. The van der Waals surface area contributed by atoms with Crippen LogP contribution in [0.25, 0.3) is 5.52 Å². The molecule has 1 N–H and O–H groups in total. The smallest absolute Gasteiger partial charge is 0.257 e. The molecule has 0 aliphatic carbocycles. The maximum atomic E-state index is 12.5. The van der Waals surface area contributed by atoms with Crippen LogP contribution in [0.1, 0.15) is 23.0 Å². The molecule has 3 aromatic rings. The fraction of sp³-hybridized carbons (Fsp3) is 0.133. The molecule has 3 rings (SSSR count). The lowest BCUT2D eigenvalue weighted by Gasteiger charge is -2.09. The Bertz CT molecular complexity index is 840. The summed E-state index contributed by atoms with van der Waals surface area (Å²) in [5.41, 5.74) is 2.50. The average molecular weight is 335 g/mol. The van der Waals surface area contributed by atoms with Crippen LogP contribution >= 0.6 is 23.2 Å². The maximum absolute atomic E-state index is 12.5. The van der Waals surface area contributed by atoms with Gasteiger partial charge in [0.25, 0.3) is 5.91 Å². The van der Waals surface area contributed by atoms with Crippen molar-refractivity contribution in [3.05, 3.63) is 58.1 Å². The molecular weight excluding hydrogens is 323 g/mol. The van der Waals surface area contributed by atoms with Gasteiger partial charge < -0.3 is 5.32 Å². The van der Waals surface area contributed by atoms with Gasteiger partial charge in [0.1, 0.15) is 0 Å². The van der Waals surface area contributed by atoms with Gasteiger partial charge in [-0.1, -0.05) is 30.1 Å². The zero-order valence-electron chi connectivity index (χ0n) is 11.7.